The smallest absolute Gasteiger partial charge is 0.273 e. The number of H-pyrrole nitrogens is 1. The highest BCUT2D eigenvalue weighted by Crippen LogP contribution is 2.28. The summed E-state index contributed by atoms with van der Waals surface area (Å²) in [5, 5.41) is 4.46. The van der Waals surface area contributed by atoms with Crippen LogP contribution in [-0.2, 0) is 6.54 Å². The molecule has 5 rings (SSSR count). The van der Waals surface area contributed by atoms with E-state index in [1.165, 1.54) is 16.2 Å². The first-order valence-corrected chi connectivity index (χ1v) is 10.2. The zero-order chi connectivity index (χ0) is 20.8. The van der Waals surface area contributed by atoms with Crippen LogP contribution in [0.1, 0.15) is 36.1 Å². The summed E-state index contributed by atoms with van der Waals surface area (Å²) < 4.78 is 0. The predicted octanol–water partition coefficient (Wildman–Crippen LogP) is 4.33. The lowest BCUT2D eigenvalue weighted by atomic mass is 10.1. The van der Waals surface area contributed by atoms with Gasteiger partial charge in [0.25, 0.3) is 17.7 Å². The first-order chi connectivity index (χ1) is 14.5. The highest BCUT2D eigenvalue weighted by Gasteiger charge is 2.35. The standard InChI is InChI=1S/C21H13ClN4O3S/c22-15-7-3-4-11-8-16(24-17(11)15)18(27)25-21-23-9-12(30-21)10-26-19(28)13-5-1-2-6-14(13)20(26)29/h1-9,24H,10H2,(H,23,25,27). The number of rotatable bonds is 4. The van der Waals surface area contributed by atoms with Crippen molar-refractivity contribution < 1.29 is 14.4 Å². The van der Waals surface area contributed by atoms with Crippen LogP contribution in [0.4, 0.5) is 5.13 Å². The van der Waals surface area contributed by atoms with E-state index in [0.717, 1.165) is 5.39 Å². The molecular weight excluding hydrogens is 424 g/mol. The highest BCUT2D eigenvalue weighted by molar-refractivity contribution is 7.15. The molecule has 0 atom stereocenters. The Hall–Kier alpha value is -3.49. The van der Waals surface area contributed by atoms with Gasteiger partial charge in [-0.15, -0.1) is 0 Å². The van der Waals surface area contributed by atoms with E-state index in [9.17, 15) is 14.4 Å². The number of imide groups is 1. The third-order valence-electron chi connectivity index (χ3n) is 4.82. The second-order valence-corrected chi connectivity index (χ2v) is 8.24. The molecule has 3 heterocycles. The summed E-state index contributed by atoms with van der Waals surface area (Å²) in [6.07, 6.45) is 1.55. The van der Waals surface area contributed by atoms with Crippen LogP contribution >= 0.6 is 22.9 Å². The maximum Gasteiger partial charge on any atom is 0.273 e. The van der Waals surface area contributed by atoms with Crippen molar-refractivity contribution in [1.82, 2.24) is 14.9 Å². The Morgan fingerprint density at radius 2 is 1.83 bits per heavy atom. The summed E-state index contributed by atoms with van der Waals surface area (Å²) in [6, 6.07) is 13.9. The van der Waals surface area contributed by atoms with Gasteiger partial charge in [-0.05, 0) is 24.3 Å². The Bertz CT molecular complexity index is 1310. The average Bonchev–Trinajstić information content (AvgIpc) is 3.43. The molecule has 9 heteroatoms. The maximum atomic E-state index is 12.6. The van der Waals surface area contributed by atoms with Crippen molar-refractivity contribution in [3.8, 4) is 0 Å². The van der Waals surface area contributed by atoms with Crippen molar-refractivity contribution >= 4 is 56.7 Å². The molecule has 3 amide bonds. The molecule has 4 aromatic rings. The first-order valence-electron chi connectivity index (χ1n) is 9.00. The van der Waals surface area contributed by atoms with Crippen LogP contribution in [0.2, 0.25) is 5.02 Å². The molecule has 0 fully saturated rings. The van der Waals surface area contributed by atoms with Crippen LogP contribution in [0, 0.1) is 0 Å². The van der Waals surface area contributed by atoms with Crippen molar-refractivity contribution in [3.05, 3.63) is 81.4 Å². The molecule has 7 nitrogen and oxygen atoms in total. The summed E-state index contributed by atoms with van der Waals surface area (Å²) >= 11 is 7.35. The largest absolute Gasteiger partial charge is 0.349 e. The molecule has 0 unspecified atom stereocenters. The van der Waals surface area contributed by atoms with E-state index in [0.29, 0.717) is 37.4 Å². The van der Waals surface area contributed by atoms with Crippen LogP contribution in [-0.4, -0.2) is 32.6 Å². The number of benzene rings is 2. The molecule has 0 saturated carbocycles. The van der Waals surface area contributed by atoms with Gasteiger partial charge in [-0.25, -0.2) is 4.98 Å². The van der Waals surface area contributed by atoms with Crippen molar-refractivity contribution in [2.45, 2.75) is 6.54 Å². The SMILES string of the molecule is O=C(Nc1ncc(CN2C(=O)c3ccccc3C2=O)s1)c1cc2cccc(Cl)c2[nH]1. The first kappa shape index (κ1) is 18.5. The predicted molar refractivity (Wildman–Crippen MR) is 114 cm³/mol. The Balaban J connectivity index is 1.31. The Morgan fingerprint density at radius 1 is 1.10 bits per heavy atom. The van der Waals surface area contributed by atoms with Crippen LogP contribution < -0.4 is 5.32 Å². The van der Waals surface area contributed by atoms with Gasteiger partial charge in [-0.2, -0.15) is 0 Å². The number of halogens is 1. The van der Waals surface area contributed by atoms with Gasteiger partial charge in [0.1, 0.15) is 5.69 Å². The lowest BCUT2D eigenvalue weighted by Crippen LogP contribution is -2.28. The van der Waals surface area contributed by atoms with Crippen LogP contribution in [0.25, 0.3) is 10.9 Å². The van der Waals surface area contributed by atoms with Gasteiger partial charge in [-0.1, -0.05) is 47.2 Å². The van der Waals surface area contributed by atoms with Crippen molar-refractivity contribution in [1.29, 1.82) is 0 Å². The summed E-state index contributed by atoms with van der Waals surface area (Å²) in [5.41, 5.74) is 1.85. The number of anilines is 1. The van der Waals surface area contributed by atoms with E-state index in [1.54, 1.807) is 42.6 Å². The molecule has 2 N–H and O–H groups in total. The van der Waals surface area contributed by atoms with E-state index in [4.69, 9.17) is 11.6 Å². The number of carbonyl (C=O) groups is 3. The van der Waals surface area contributed by atoms with E-state index in [2.05, 4.69) is 15.3 Å². The third kappa shape index (κ3) is 3.06. The molecule has 30 heavy (non-hydrogen) atoms. The van der Waals surface area contributed by atoms with E-state index in [1.807, 2.05) is 12.1 Å². The van der Waals surface area contributed by atoms with Gasteiger partial charge in [0.2, 0.25) is 0 Å². The number of nitrogens with zero attached hydrogens (tertiary/aromatic N) is 2. The normalized spacial score (nSPS) is 13.2. The highest BCUT2D eigenvalue weighted by atomic mass is 35.5. The topological polar surface area (TPSA) is 95.2 Å². The number of carbonyl (C=O) groups excluding carboxylic acids is 3. The van der Waals surface area contributed by atoms with E-state index >= 15 is 0 Å². The molecular formula is C21H13ClN4O3S. The molecule has 0 saturated heterocycles. The Morgan fingerprint density at radius 3 is 2.53 bits per heavy atom. The Kier molecular flexibility index (Phi) is 4.38. The number of aromatic nitrogens is 2. The number of thiazole rings is 1. The van der Waals surface area contributed by atoms with Crippen LogP contribution in [0.5, 0.6) is 0 Å². The fraction of sp³-hybridized carbons (Fsp3) is 0.0476. The number of hydrogen-bond donors (Lipinski definition) is 2. The van der Waals surface area contributed by atoms with Crippen LogP contribution in [0.3, 0.4) is 0 Å². The second kappa shape index (κ2) is 7.08. The van der Waals surface area contributed by atoms with Gasteiger partial charge in [0.15, 0.2) is 5.13 Å². The summed E-state index contributed by atoms with van der Waals surface area (Å²) in [5.74, 6) is -1.02. The van der Waals surface area contributed by atoms with Crippen molar-refractivity contribution in [3.63, 3.8) is 0 Å². The average molecular weight is 437 g/mol. The summed E-state index contributed by atoms with van der Waals surface area (Å²) in [4.78, 5) is 46.6. The molecule has 1 aliphatic rings. The molecule has 148 valence electrons. The second-order valence-electron chi connectivity index (χ2n) is 6.71. The van der Waals surface area contributed by atoms with Gasteiger partial charge in [-0.3, -0.25) is 24.6 Å². The number of para-hydroxylation sites is 1. The van der Waals surface area contributed by atoms with Gasteiger partial charge < -0.3 is 4.98 Å². The fourth-order valence-electron chi connectivity index (χ4n) is 3.38. The zero-order valence-corrected chi connectivity index (χ0v) is 16.9. The maximum absolute atomic E-state index is 12.6. The number of fused-ring (bicyclic) bond motifs is 2. The molecule has 0 aliphatic carbocycles. The van der Waals surface area contributed by atoms with Crippen molar-refractivity contribution in [2.75, 3.05) is 5.32 Å². The van der Waals surface area contributed by atoms with Gasteiger partial charge >= 0.3 is 0 Å². The monoisotopic (exact) mass is 436 g/mol. The fourth-order valence-corrected chi connectivity index (χ4v) is 4.41. The zero-order valence-electron chi connectivity index (χ0n) is 15.3. The number of hydrogen-bond acceptors (Lipinski definition) is 5. The molecule has 0 bridgehead atoms. The number of aromatic amines is 1. The quantitative estimate of drug-likeness (QED) is 0.465. The van der Waals surface area contributed by atoms with E-state index in [-0.39, 0.29) is 24.3 Å². The third-order valence-corrected chi connectivity index (χ3v) is 6.03. The van der Waals surface area contributed by atoms with Gasteiger partial charge in [0, 0.05) is 16.5 Å². The van der Waals surface area contributed by atoms with Crippen molar-refractivity contribution in [2.24, 2.45) is 0 Å². The minimum atomic E-state index is -0.358. The van der Waals surface area contributed by atoms with E-state index < -0.39 is 0 Å². The molecule has 0 radical (unpaired) electrons. The summed E-state index contributed by atoms with van der Waals surface area (Å²) in [7, 11) is 0. The number of nitrogens with one attached hydrogen (secondary N) is 2. The van der Waals surface area contributed by atoms with Crippen LogP contribution in [0.15, 0.2) is 54.7 Å². The molecule has 1 aliphatic heterocycles. The summed E-state index contributed by atoms with van der Waals surface area (Å²) in [6.45, 7) is 0.0991. The lowest BCUT2D eigenvalue weighted by molar-refractivity contribution is 0.0643. The van der Waals surface area contributed by atoms with Gasteiger partial charge in [0.05, 0.1) is 28.2 Å². The molecule has 0 spiro atoms. The molecule has 2 aromatic heterocycles. The Labute approximate surface area is 179 Å². The minimum Gasteiger partial charge on any atom is -0.349 e. The molecule has 2 aromatic carbocycles. The lowest BCUT2D eigenvalue weighted by Gasteiger charge is -2.11. The minimum absolute atomic E-state index is 0.0991. The number of amides is 3.